The zero-order chi connectivity index (χ0) is 16.1. The van der Waals surface area contributed by atoms with Gasteiger partial charge in [0.25, 0.3) is 0 Å². The molecule has 2 rings (SSSR count). The summed E-state index contributed by atoms with van der Waals surface area (Å²) in [5.74, 6) is 0.151. The van der Waals surface area contributed by atoms with E-state index in [1.165, 1.54) is 25.3 Å². The highest BCUT2D eigenvalue weighted by atomic mass is 35.5. The molecule has 0 aliphatic heterocycles. The number of carbonyl (C=O) groups is 1. The van der Waals surface area contributed by atoms with Gasteiger partial charge in [-0.25, -0.2) is 0 Å². The van der Waals surface area contributed by atoms with Crippen LogP contribution in [0.5, 0.6) is 5.75 Å². The molecule has 0 atom stereocenters. The zero-order valence-electron chi connectivity index (χ0n) is 11.4. The number of ether oxygens (including phenoxy) is 1. The largest absolute Gasteiger partial charge is 0.495 e. The zero-order valence-corrected chi connectivity index (χ0v) is 13.0. The topological polar surface area (TPSA) is 81.5 Å². The van der Waals surface area contributed by atoms with Crippen LogP contribution in [0.4, 0.5) is 10.7 Å². The van der Waals surface area contributed by atoms with Crippen molar-refractivity contribution in [2.45, 2.75) is 0 Å². The second-order valence-corrected chi connectivity index (χ2v) is 5.61. The Labute approximate surface area is 135 Å². The molecular weight excluding hydrogens is 328 g/mol. The maximum absolute atomic E-state index is 11.8. The first-order valence-electron chi connectivity index (χ1n) is 6.06. The fourth-order valence-electron chi connectivity index (χ4n) is 1.62. The summed E-state index contributed by atoms with van der Waals surface area (Å²) in [6, 6.07) is 7.85. The van der Waals surface area contributed by atoms with Gasteiger partial charge in [-0.1, -0.05) is 22.9 Å². The van der Waals surface area contributed by atoms with Crippen LogP contribution in [0.1, 0.15) is 4.88 Å². The molecule has 0 unspecified atom stereocenters. The lowest BCUT2D eigenvalue weighted by atomic mass is 10.3. The van der Waals surface area contributed by atoms with Gasteiger partial charge in [-0.2, -0.15) is 0 Å². The average Bonchev–Trinajstić information content (AvgIpc) is 2.94. The predicted molar refractivity (Wildman–Crippen MR) is 86.6 cm³/mol. The van der Waals surface area contributed by atoms with Gasteiger partial charge in [0.2, 0.25) is 5.91 Å². The standard InChI is InChI=1S/C14H11ClN2O4S/c1-21-12-5-2-9(8-11(12)15)16-13(18)6-3-10-4-7-14(22-10)17(19)20/h2-8H,1H3,(H,16,18)/b6-3+. The molecule has 0 spiro atoms. The smallest absolute Gasteiger partial charge is 0.324 e. The van der Waals surface area contributed by atoms with Crippen LogP contribution in [-0.2, 0) is 4.79 Å². The van der Waals surface area contributed by atoms with E-state index in [1.807, 2.05) is 0 Å². The van der Waals surface area contributed by atoms with E-state index in [-0.39, 0.29) is 10.9 Å². The van der Waals surface area contributed by atoms with Crippen LogP contribution < -0.4 is 10.1 Å². The van der Waals surface area contributed by atoms with Gasteiger partial charge in [0.15, 0.2) is 0 Å². The molecule has 114 valence electrons. The summed E-state index contributed by atoms with van der Waals surface area (Å²) in [7, 11) is 1.50. The van der Waals surface area contributed by atoms with E-state index in [1.54, 1.807) is 24.3 Å². The van der Waals surface area contributed by atoms with Crippen molar-refractivity contribution in [1.29, 1.82) is 0 Å². The van der Waals surface area contributed by atoms with E-state index >= 15 is 0 Å². The monoisotopic (exact) mass is 338 g/mol. The molecule has 2 aromatic rings. The molecule has 1 aromatic heterocycles. The Kier molecular flexibility index (Phi) is 5.13. The molecule has 1 amide bonds. The van der Waals surface area contributed by atoms with Crippen LogP contribution in [-0.4, -0.2) is 17.9 Å². The summed E-state index contributed by atoms with van der Waals surface area (Å²) in [6.45, 7) is 0. The molecule has 0 bridgehead atoms. The predicted octanol–water partition coefficient (Wildman–Crippen LogP) is 3.97. The van der Waals surface area contributed by atoms with Gasteiger partial charge in [-0.05, 0) is 30.3 Å². The minimum atomic E-state index is -0.471. The Morgan fingerprint density at radius 1 is 1.41 bits per heavy atom. The number of rotatable bonds is 5. The number of methoxy groups -OCH3 is 1. The number of benzene rings is 1. The molecule has 1 N–H and O–H groups in total. The van der Waals surface area contributed by atoms with Gasteiger partial charge in [-0.3, -0.25) is 14.9 Å². The van der Waals surface area contributed by atoms with Crippen LogP contribution in [0.2, 0.25) is 5.02 Å². The molecule has 0 saturated carbocycles. The Hall–Kier alpha value is -2.38. The van der Waals surface area contributed by atoms with E-state index in [4.69, 9.17) is 16.3 Å². The molecule has 0 aliphatic rings. The number of hydrogen-bond donors (Lipinski definition) is 1. The van der Waals surface area contributed by atoms with E-state index in [0.717, 1.165) is 11.3 Å². The van der Waals surface area contributed by atoms with Crippen molar-refractivity contribution in [3.8, 4) is 5.75 Å². The molecule has 1 aromatic carbocycles. The summed E-state index contributed by atoms with van der Waals surface area (Å²) in [4.78, 5) is 22.5. The third kappa shape index (κ3) is 4.06. The first-order valence-corrected chi connectivity index (χ1v) is 7.26. The molecule has 1 heterocycles. The second kappa shape index (κ2) is 7.06. The molecule has 0 saturated heterocycles. The van der Waals surface area contributed by atoms with E-state index in [9.17, 15) is 14.9 Å². The van der Waals surface area contributed by atoms with Crippen molar-refractivity contribution in [2.24, 2.45) is 0 Å². The van der Waals surface area contributed by atoms with Crippen LogP contribution in [0.25, 0.3) is 6.08 Å². The summed E-state index contributed by atoms with van der Waals surface area (Å²) >= 11 is 6.95. The van der Waals surface area contributed by atoms with Crippen LogP contribution >= 0.6 is 22.9 Å². The van der Waals surface area contributed by atoms with Crippen molar-refractivity contribution >= 4 is 45.6 Å². The van der Waals surface area contributed by atoms with E-state index in [0.29, 0.717) is 21.3 Å². The highest BCUT2D eigenvalue weighted by Gasteiger charge is 2.08. The maximum Gasteiger partial charge on any atom is 0.324 e. The SMILES string of the molecule is COc1ccc(NC(=O)/C=C/c2ccc([N+](=O)[O-])s2)cc1Cl. The Balaban J connectivity index is 2.01. The number of amides is 1. The van der Waals surface area contributed by atoms with Crippen LogP contribution in [0.3, 0.4) is 0 Å². The fraction of sp³-hybridized carbons (Fsp3) is 0.0714. The van der Waals surface area contributed by atoms with Gasteiger partial charge >= 0.3 is 5.00 Å². The summed E-state index contributed by atoms with van der Waals surface area (Å²) < 4.78 is 5.02. The summed E-state index contributed by atoms with van der Waals surface area (Å²) in [6.07, 6.45) is 2.81. The van der Waals surface area contributed by atoms with Crippen molar-refractivity contribution in [2.75, 3.05) is 12.4 Å². The Morgan fingerprint density at radius 2 is 2.18 bits per heavy atom. The van der Waals surface area contributed by atoms with Crippen molar-refractivity contribution < 1.29 is 14.5 Å². The normalized spacial score (nSPS) is 10.6. The molecule has 22 heavy (non-hydrogen) atoms. The molecular formula is C14H11ClN2O4S. The molecule has 0 fully saturated rings. The second-order valence-electron chi connectivity index (χ2n) is 4.11. The number of anilines is 1. The van der Waals surface area contributed by atoms with Gasteiger partial charge < -0.3 is 10.1 Å². The quantitative estimate of drug-likeness (QED) is 0.508. The highest BCUT2D eigenvalue weighted by molar-refractivity contribution is 7.16. The van der Waals surface area contributed by atoms with Crippen molar-refractivity contribution in [3.05, 3.63) is 56.4 Å². The van der Waals surface area contributed by atoms with Gasteiger partial charge in [0.1, 0.15) is 5.75 Å². The minimum Gasteiger partial charge on any atom is -0.495 e. The molecule has 6 nitrogen and oxygen atoms in total. The number of halogens is 1. The number of hydrogen-bond acceptors (Lipinski definition) is 5. The Bertz CT molecular complexity index is 742. The first kappa shape index (κ1) is 16.0. The molecule has 8 heteroatoms. The third-order valence-corrected chi connectivity index (χ3v) is 3.91. The average molecular weight is 339 g/mol. The lowest BCUT2D eigenvalue weighted by Gasteiger charge is -2.06. The summed E-state index contributed by atoms with van der Waals surface area (Å²) in [5.41, 5.74) is 0.526. The third-order valence-electron chi connectivity index (χ3n) is 2.61. The molecule has 0 aliphatic carbocycles. The van der Waals surface area contributed by atoms with Crippen LogP contribution in [0.15, 0.2) is 36.4 Å². The number of thiophene rings is 1. The number of nitrogens with zero attached hydrogens (tertiary/aromatic N) is 1. The van der Waals surface area contributed by atoms with Crippen LogP contribution in [0, 0.1) is 10.1 Å². The number of carbonyl (C=O) groups excluding carboxylic acids is 1. The lowest BCUT2D eigenvalue weighted by Crippen LogP contribution is -2.07. The molecule has 0 radical (unpaired) electrons. The maximum atomic E-state index is 11.8. The van der Waals surface area contributed by atoms with Gasteiger partial charge in [0, 0.05) is 22.7 Å². The van der Waals surface area contributed by atoms with Gasteiger partial charge in [-0.15, -0.1) is 0 Å². The lowest BCUT2D eigenvalue weighted by molar-refractivity contribution is -0.380. The minimum absolute atomic E-state index is 0.0296. The van der Waals surface area contributed by atoms with E-state index in [2.05, 4.69) is 5.32 Å². The number of nitrogens with one attached hydrogen (secondary N) is 1. The first-order chi connectivity index (χ1) is 10.5. The van der Waals surface area contributed by atoms with Crippen molar-refractivity contribution in [1.82, 2.24) is 0 Å². The van der Waals surface area contributed by atoms with E-state index < -0.39 is 4.92 Å². The highest BCUT2D eigenvalue weighted by Crippen LogP contribution is 2.27. The fourth-order valence-corrected chi connectivity index (χ4v) is 2.60. The van der Waals surface area contributed by atoms with Crippen molar-refractivity contribution in [3.63, 3.8) is 0 Å². The number of nitro groups is 1. The van der Waals surface area contributed by atoms with Gasteiger partial charge in [0.05, 0.1) is 17.1 Å². The summed E-state index contributed by atoms with van der Waals surface area (Å²) in [5, 5.41) is 13.6. The Morgan fingerprint density at radius 3 is 2.77 bits per heavy atom.